The van der Waals surface area contributed by atoms with E-state index in [1.165, 1.54) is 7.11 Å². The first-order valence-corrected chi connectivity index (χ1v) is 13.2. The van der Waals surface area contributed by atoms with Crippen LogP contribution in [0.15, 0.2) is 48.5 Å². The van der Waals surface area contributed by atoms with E-state index in [9.17, 15) is 9.59 Å². The van der Waals surface area contributed by atoms with Gasteiger partial charge in [0.05, 0.1) is 51.2 Å². The maximum Gasteiger partial charge on any atom is 0.337 e. The molecule has 12 nitrogen and oxygen atoms in total. The number of nitrogens with zero attached hydrogens (tertiary/aromatic N) is 5. The number of methoxy groups -OCH3 is 1. The summed E-state index contributed by atoms with van der Waals surface area (Å²) in [6, 6.07) is 13.6. The molecule has 3 heterocycles. The third-order valence-corrected chi connectivity index (χ3v) is 6.83. The standard InChI is InChI=1S/C28H33N7O5/c1-18-16-39-14-12-34(18)26-31-24(32-27(33-26)35-13-15-40-17-19(35)2)20-4-8-22(9-5-20)29-28(37)30-23-10-6-21(7-11-23)25(36)38-3/h4-11,18-19H,12-17H2,1-3H3,(H2,29,30,37)/t18-,19-/m0/s1. The van der Waals surface area contributed by atoms with Crippen LogP contribution in [0.1, 0.15) is 24.2 Å². The third kappa shape index (κ3) is 6.29. The van der Waals surface area contributed by atoms with Crippen molar-refractivity contribution < 1.29 is 23.8 Å². The van der Waals surface area contributed by atoms with Crippen LogP contribution in [0.25, 0.3) is 11.4 Å². The minimum Gasteiger partial charge on any atom is -0.465 e. The Morgan fingerprint density at radius 3 is 1.77 bits per heavy atom. The molecule has 1 aromatic heterocycles. The number of rotatable bonds is 6. The normalized spacial score (nSPS) is 19.2. The molecule has 0 unspecified atom stereocenters. The lowest BCUT2D eigenvalue weighted by molar-refractivity contribution is 0.0600. The second-order valence-electron chi connectivity index (χ2n) is 9.72. The smallest absolute Gasteiger partial charge is 0.337 e. The summed E-state index contributed by atoms with van der Waals surface area (Å²) in [6.45, 7) is 8.05. The lowest BCUT2D eigenvalue weighted by Crippen LogP contribution is -2.46. The van der Waals surface area contributed by atoms with Gasteiger partial charge in [0.2, 0.25) is 11.9 Å². The molecule has 2 atom stereocenters. The summed E-state index contributed by atoms with van der Waals surface area (Å²) in [5.74, 6) is 1.36. The topological polar surface area (TPSA) is 131 Å². The summed E-state index contributed by atoms with van der Waals surface area (Å²) in [5.41, 5.74) is 2.35. The van der Waals surface area contributed by atoms with Crippen LogP contribution in [0.5, 0.6) is 0 Å². The van der Waals surface area contributed by atoms with Crippen molar-refractivity contribution in [2.24, 2.45) is 0 Å². The fraction of sp³-hybridized carbons (Fsp3) is 0.393. The number of nitrogens with one attached hydrogen (secondary N) is 2. The molecule has 2 aromatic carbocycles. The second-order valence-corrected chi connectivity index (χ2v) is 9.72. The highest BCUT2D eigenvalue weighted by atomic mass is 16.5. The Balaban J connectivity index is 1.33. The van der Waals surface area contributed by atoms with Crippen LogP contribution in [0, 0.1) is 0 Å². The molecule has 0 bridgehead atoms. The highest BCUT2D eigenvalue weighted by Gasteiger charge is 2.27. The van der Waals surface area contributed by atoms with Gasteiger partial charge < -0.3 is 34.6 Å². The number of morpholine rings is 2. The minimum atomic E-state index is -0.438. The number of carbonyl (C=O) groups is 2. The molecule has 2 N–H and O–H groups in total. The van der Waals surface area contributed by atoms with Gasteiger partial charge in [0.25, 0.3) is 0 Å². The van der Waals surface area contributed by atoms with E-state index in [1.54, 1.807) is 36.4 Å². The van der Waals surface area contributed by atoms with Crippen molar-refractivity contribution in [2.45, 2.75) is 25.9 Å². The quantitative estimate of drug-likeness (QED) is 0.443. The van der Waals surface area contributed by atoms with E-state index in [2.05, 4.69) is 34.3 Å². The summed E-state index contributed by atoms with van der Waals surface area (Å²) in [5, 5.41) is 5.57. The summed E-state index contributed by atoms with van der Waals surface area (Å²) in [6.07, 6.45) is 0. The summed E-state index contributed by atoms with van der Waals surface area (Å²) in [4.78, 5) is 42.9. The van der Waals surface area contributed by atoms with Gasteiger partial charge in [-0.3, -0.25) is 0 Å². The van der Waals surface area contributed by atoms with Gasteiger partial charge in [-0.05, 0) is 62.4 Å². The highest BCUT2D eigenvalue weighted by molar-refractivity contribution is 6.00. The number of aromatic nitrogens is 3. The Kier molecular flexibility index (Phi) is 8.37. The Bertz CT molecular complexity index is 1300. The predicted octanol–water partition coefficient (Wildman–Crippen LogP) is 3.42. The van der Waals surface area contributed by atoms with E-state index in [0.29, 0.717) is 74.2 Å². The van der Waals surface area contributed by atoms with Crippen LogP contribution in [0.3, 0.4) is 0 Å². The van der Waals surface area contributed by atoms with Gasteiger partial charge >= 0.3 is 12.0 Å². The number of anilines is 4. The number of benzene rings is 2. The molecule has 2 aliphatic heterocycles. The lowest BCUT2D eigenvalue weighted by atomic mass is 10.2. The zero-order valence-electron chi connectivity index (χ0n) is 22.8. The second kappa shape index (κ2) is 12.3. The SMILES string of the molecule is COC(=O)c1ccc(NC(=O)Nc2ccc(-c3nc(N4CCOC[C@@H]4C)nc(N4CCOC[C@@H]4C)n3)cc2)cc1. The minimum absolute atomic E-state index is 0.140. The van der Waals surface area contributed by atoms with E-state index < -0.39 is 12.0 Å². The molecule has 210 valence electrons. The van der Waals surface area contributed by atoms with Gasteiger partial charge in [0.15, 0.2) is 5.82 Å². The Morgan fingerprint density at radius 1 is 0.800 bits per heavy atom. The molecule has 2 fully saturated rings. The van der Waals surface area contributed by atoms with Crippen molar-refractivity contribution in [3.05, 3.63) is 54.1 Å². The van der Waals surface area contributed by atoms with Gasteiger partial charge in [-0.25, -0.2) is 9.59 Å². The van der Waals surface area contributed by atoms with Gasteiger partial charge in [0, 0.05) is 30.0 Å². The van der Waals surface area contributed by atoms with E-state index in [4.69, 9.17) is 29.2 Å². The fourth-order valence-electron chi connectivity index (χ4n) is 4.59. The largest absolute Gasteiger partial charge is 0.465 e. The van der Waals surface area contributed by atoms with Crippen molar-refractivity contribution >= 4 is 35.3 Å². The maximum absolute atomic E-state index is 12.5. The average molecular weight is 548 g/mol. The molecule has 12 heteroatoms. The Hall–Kier alpha value is -4.29. The van der Waals surface area contributed by atoms with Crippen molar-refractivity contribution in [1.29, 1.82) is 0 Å². The number of hydrogen-bond acceptors (Lipinski definition) is 10. The van der Waals surface area contributed by atoms with Crippen LogP contribution in [0.4, 0.5) is 28.1 Å². The van der Waals surface area contributed by atoms with E-state index in [0.717, 1.165) is 5.56 Å². The van der Waals surface area contributed by atoms with Crippen LogP contribution in [-0.2, 0) is 14.2 Å². The molecule has 5 rings (SSSR count). The zero-order chi connectivity index (χ0) is 28.1. The summed E-state index contributed by atoms with van der Waals surface area (Å²) >= 11 is 0. The molecular formula is C28H33N7O5. The monoisotopic (exact) mass is 547 g/mol. The summed E-state index contributed by atoms with van der Waals surface area (Å²) < 4.78 is 15.9. The van der Waals surface area contributed by atoms with Crippen molar-refractivity contribution in [1.82, 2.24) is 15.0 Å². The fourth-order valence-corrected chi connectivity index (χ4v) is 4.59. The maximum atomic E-state index is 12.5. The van der Waals surface area contributed by atoms with Crippen LogP contribution >= 0.6 is 0 Å². The highest BCUT2D eigenvalue weighted by Crippen LogP contribution is 2.26. The van der Waals surface area contributed by atoms with E-state index >= 15 is 0 Å². The molecule has 2 aliphatic rings. The first kappa shape index (κ1) is 27.3. The van der Waals surface area contributed by atoms with Gasteiger partial charge in [-0.1, -0.05) is 0 Å². The molecule has 40 heavy (non-hydrogen) atoms. The number of carbonyl (C=O) groups excluding carboxylic acids is 2. The predicted molar refractivity (Wildman–Crippen MR) is 151 cm³/mol. The molecule has 0 radical (unpaired) electrons. The first-order valence-electron chi connectivity index (χ1n) is 13.2. The van der Waals surface area contributed by atoms with Crippen molar-refractivity contribution in [3.8, 4) is 11.4 Å². The van der Waals surface area contributed by atoms with Crippen molar-refractivity contribution in [2.75, 3.05) is 67.1 Å². The number of ether oxygens (including phenoxy) is 3. The lowest BCUT2D eigenvalue weighted by Gasteiger charge is -2.36. The van der Waals surface area contributed by atoms with Crippen LogP contribution < -0.4 is 20.4 Å². The van der Waals surface area contributed by atoms with Gasteiger partial charge in [-0.2, -0.15) is 15.0 Å². The van der Waals surface area contributed by atoms with Gasteiger partial charge in [-0.15, -0.1) is 0 Å². The molecule has 2 amide bonds. The molecule has 0 spiro atoms. The molecule has 2 saturated heterocycles. The number of esters is 1. The first-order chi connectivity index (χ1) is 19.4. The summed E-state index contributed by atoms with van der Waals surface area (Å²) in [7, 11) is 1.32. The Morgan fingerprint density at radius 2 is 1.30 bits per heavy atom. The van der Waals surface area contributed by atoms with Gasteiger partial charge in [0.1, 0.15) is 0 Å². The van der Waals surface area contributed by atoms with Crippen LogP contribution in [0.2, 0.25) is 0 Å². The van der Waals surface area contributed by atoms with E-state index in [1.807, 2.05) is 12.1 Å². The number of hydrogen-bond donors (Lipinski definition) is 2. The van der Waals surface area contributed by atoms with Crippen molar-refractivity contribution in [3.63, 3.8) is 0 Å². The number of urea groups is 1. The third-order valence-electron chi connectivity index (χ3n) is 6.83. The zero-order valence-corrected chi connectivity index (χ0v) is 22.8. The molecule has 0 saturated carbocycles. The molecular weight excluding hydrogens is 514 g/mol. The average Bonchev–Trinajstić information content (AvgIpc) is 2.97. The van der Waals surface area contributed by atoms with E-state index in [-0.39, 0.29) is 12.1 Å². The van der Waals surface area contributed by atoms with Crippen LogP contribution in [-0.4, -0.2) is 85.7 Å². The Labute approximate surface area is 232 Å². The number of amides is 2. The molecule has 3 aromatic rings. The molecule has 0 aliphatic carbocycles.